The summed E-state index contributed by atoms with van der Waals surface area (Å²) in [4.78, 5) is 11.5. The average Bonchev–Trinajstić information content (AvgIpc) is 2.35. The monoisotopic (exact) mass is 249 g/mol. The van der Waals surface area contributed by atoms with Crippen molar-refractivity contribution in [3.05, 3.63) is 34.9 Å². The molecule has 0 saturated carbocycles. The van der Waals surface area contributed by atoms with Crippen molar-refractivity contribution >= 4 is 5.97 Å². The quantitative estimate of drug-likeness (QED) is 0.816. The zero-order valence-electron chi connectivity index (χ0n) is 11.7. The van der Waals surface area contributed by atoms with Crippen molar-refractivity contribution in [2.24, 2.45) is 5.73 Å². The van der Waals surface area contributed by atoms with Crippen LogP contribution in [0.5, 0.6) is 0 Å². The second kappa shape index (κ2) is 6.55. The maximum atomic E-state index is 11.5. The maximum absolute atomic E-state index is 11.5. The average molecular weight is 249 g/mol. The first-order valence-corrected chi connectivity index (χ1v) is 6.39. The predicted molar refractivity (Wildman–Crippen MR) is 73.6 cm³/mol. The molecular formula is C15H23NO2. The molecule has 0 amide bonds. The van der Waals surface area contributed by atoms with Gasteiger partial charge in [-0.25, -0.2) is 0 Å². The zero-order chi connectivity index (χ0) is 13.7. The van der Waals surface area contributed by atoms with Crippen LogP contribution in [0.25, 0.3) is 0 Å². The first-order chi connectivity index (χ1) is 8.49. The highest BCUT2D eigenvalue weighted by molar-refractivity contribution is 5.70. The largest absolute Gasteiger partial charge is 0.469 e. The van der Waals surface area contributed by atoms with E-state index >= 15 is 0 Å². The first-order valence-electron chi connectivity index (χ1n) is 6.39. The normalized spacial score (nSPS) is 14.1. The van der Waals surface area contributed by atoms with Crippen molar-refractivity contribution in [3.63, 3.8) is 0 Å². The minimum absolute atomic E-state index is 0.0227. The molecule has 18 heavy (non-hydrogen) atoms. The molecule has 2 atom stereocenters. The molecule has 100 valence electrons. The zero-order valence-corrected chi connectivity index (χ0v) is 11.7. The number of rotatable bonds is 5. The lowest BCUT2D eigenvalue weighted by molar-refractivity contribution is -0.141. The molecule has 0 fully saturated rings. The van der Waals surface area contributed by atoms with Crippen molar-refractivity contribution in [1.29, 1.82) is 0 Å². The van der Waals surface area contributed by atoms with Gasteiger partial charge in [-0.05, 0) is 31.4 Å². The minimum atomic E-state index is -0.205. The molecule has 0 aromatic heterocycles. The number of ether oxygens (including phenoxy) is 1. The molecule has 3 nitrogen and oxygen atoms in total. The molecular weight excluding hydrogens is 226 g/mol. The fourth-order valence-corrected chi connectivity index (χ4v) is 2.28. The molecule has 3 heteroatoms. The Morgan fingerprint density at radius 2 is 2.06 bits per heavy atom. The van der Waals surface area contributed by atoms with Crippen LogP contribution < -0.4 is 5.73 Å². The Kier molecular flexibility index (Phi) is 5.35. The van der Waals surface area contributed by atoms with Gasteiger partial charge in [-0.3, -0.25) is 4.79 Å². The number of nitrogens with two attached hydrogens (primary N) is 1. The third-order valence-electron chi connectivity index (χ3n) is 3.43. The van der Waals surface area contributed by atoms with Crippen molar-refractivity contribution < 1.29 is 9.53 Å². The Hall–Kier alpha value is -1.35. The Morgan fingerprint density at radius 1 is 1.39 bits per heavy atom. The van der Waals surface area contributed by atoms with Crippen LogP contribution >= 0.6 is 0 Å². The van der Waals surface area contributed by atoms with Crippen LogP contribution in [0, 0.1) is 13.8 Å². The number of esters is 1. The summed E-state index contributed by atoms with van der Waals surface area (Å²) in [7, 11) is 1.42. The fourth-order valence-electron chi connectivity index (χ4n) is 2.28. The molecule has 0 aliphatic heterocycles. The molecule has 0 aliphatic carbocycles. The van der Waals surface area contributed by atoms with Gasteiger partial charge in [0.1, 0.15) is 0 Å². The van der Waals surface area contributed by atoms with Gasteiger partial charge in [-0.2, -0.15) is 0 Å². The summed E-state index contributed by atoms with van der Waals surface area (Å²) >= 11 is 0. The Labute approximate surface area is 109 Å². The summed E-state index contributed by atoms with van der Waals surface area (Å²) in [5.41, 5.74) is 9.71. The molecule has 0 radical (unpaired) electrons. The van der Waals surface area contributed by atoms with Gasteiger partial charge in [0.05, 0.1) is 13.5 Å². The lowest BCUT2D eigenvalue weighted by Crippen LogP contribution is -2.30. The number of carbonyl (C=O) groups excluding carboxylic acids is 1. The molecule has 1 rings (SSSR count). The molecule has 2 unspecified atom stereocenters. The van der Waals surface area contributed by atoms with E-state index in [1.165, 1.54) is 18.2 Å². The maximum Gasteiger partial charge on any atom is 0.306 e. The van der Waals surface area contributed by atoms with Gasteiger partial charge in [0, 0.05) is 12.0 Å². The van der Waals surface area contributed by atoms with Crippen LogP contribution in [0.4, 0.5) is 0 Å². The Bertz CT molecular complexity index is 415. The van der Waals surface area contributed by atoms with Crippen molar-refractivity contribution in [3.8, 4) is 0 Å². The number of benzene rings is 1. The third kappa shape index (κ3) is 3.57. The van der Waals surface area contributed by atoms with Gasteiger partial charge in [0.25, 0.3) is 0 Å². The van der Waals surface area contributed by atoms with E-state index in [1.807, 2.05) is 6.92 Å². The number of hydrogen-bond donors (Lipinski definition) is 1. The van der Waals surface area contributed by atoms with Gasteiger partial charge in [-0.15, -0.1) is 0 Å². The van der Waals surface area contributed by atoms with Crippen LogP contribution in [0.1, 0.15) is 42.4 Å². The number of hydrogen-bond acceptors (Lipinski definition) is 3. The van der Waals surface area contributed by atoms with Crippen LogP contribution in [-0.2, 0) is 9.53 Å². The van der Waals surface area contributed by atoms with Crippen LogP contribution in [0.2, 0.25) is 0 Å². The van der Waals surface area contributed by atoms with Crippen LogP contribution in [-0.4, -0.2) is 19.1 Å². The number of carbonyl (C=O) groups is 1. The molecule has 1 aromatic rings. The van der Waals surface area contributed by atoms with Crippen molar-refractivity contribution in [2.75, 3.05) is 7.11 Å². The lowest BCUT2D eigenvalue weighted by atomic mass is 9.85. The summed E-state index contributed by atoms with van der Waals surface area (Å²) in [6, 6.07) is 6.25. The first kappa shape index (κ1) is 14.7. The van der Waals surface area contributed by atoms with Crippen LogP contribution in [0.15, 0.2) is 18.2 Å². The molecule has 0 heterocycles. The van der Waals surface area contributed by atoms with E-state index in [4.69, 9.17) is 10.5 Å². The van der Waals surface area contributed by atoms with Gasteiger partial charge < -0.3 is 10.5 Å². The predicted octanol–water partition coefficient (Wildman–Crippen LogP) is 2.69. The van der Waals surface area contributed by atoms with E-state index in [2.05, 4.69) is 32.0 Å². The Morgan fingerprint density at radius 3 is 2.56 bits per heavy atom. The van der Waals surface area contributed by atoms with Crippen LogP contribution in [0.3, 0.4) is 0 Å². The van der Waals surface area contributed by atoms with Crippen molar-refractivity contribution in [2.45, 2.75) is 45.6 Å². The molecule has 0 saturated heterocycles. The van der Waals surface area contributed by atoms with E-state index < -0.39 is 0 Å². The summed E-state index contributed by atoms with van der Waals surface area (Å²) < 4.78 is 4.77. The van der Waals surface area contributed by atoms with Gasteiger partial charge in [0.2, 0.25) is 0 Å². The van der Waals surface area contributed by atoms with E-state index in [1.54, 1.807) is 0 Å². The van der Waals surface area contributed by atoms with Gasteiger partial charge >= 0.3 is 5.97 Å². The standard InChI is InChI=1S/C15H23NO2/c1-5-14(16)13(9-15(17)18-4)12-7-6-10(2)8-11(12)3/h6-8,13-14H,5,9,16H2,1-4H3. The molecule has 1 aromatic carbocycles. The number of methoxy groups -OCH3 is 1. The Balaban J connectivity index is 3.05. The fraction of sp³-hybridized carbons (Fsp3) is 0.533. The van der Waals surface area contributed by atoms with Gasteiger partial charge in [-0.1, -0.05) is 30.7 Å². The molecule has 0 bridgehead atoms. The summed E-state index contributed by atoms with van der Waals surface area (Å²) in [6.45, 7) is 6.17. The topological polar surface area (TPSA) is 52.3 Å². The number of aryl methyl sites for hydroxylation is 2. The van der Waals surface area contributed by atoms with E-state index in [-0.39, 0.29) is 17.9 Å². The summed E-state index contributed by atoms with van der Waals surface area (Å²) in [5.74, 6) is -0.174. The molecule has 2 N–H and O–H groups in total. The van der Waals surface area contributed by atoms with E-state index in [9.17, 15) is 4.79 Å². The highest BCUT2D eigenvalue weighted by atomic mass is 16.5. The smallest absolute Gasteiger partial charge is 0.306 e. The summed E-state index contributed by atoms with van der Waals surface area (Å²) in [5, 5.41) is 0. The third-order valence-corrected chi connectivity index (χ3v) is 3.43. The highest BCUT2D eigenvalue weighted by Gasteiger charge is 2.23. The lowest BCUT2D eigenvalue weighted by Gasteiger charge is -2.24. The van der Waals surface area contributed by atoms with Crippen molar-refractivity contribution in [1.82, 2.24) is 0 Å². The SMILES string of the molecule is CCC(N)C(CC(=O)OC)c1ccc(C)cc1C. The minimum Gasteiger partial charge on any atom is -0.469 e. The summed E-state index contributed by atoms with van der Waals surface area (Å²) in [6.07, 6.45) is 1.18. The second-order valence-electron chi connectivity index (χ2n) is 4.82. The molecule has 0 aliphatic rings. The highest BCUT2D eigenvalue weighted by Crippen LogP contribution is 2.28. The second-order valence-corrected chi connectivity index (χ2v) is 4.82. The molecule has 0 spiro atoms. The van der Waals surface area contributed by atoms with Gasteiger partial charge in [0.15, 0.2) is 0 Å². The van der Waals surface area contributed by atoms with E-state index in [0.717, 1.165) is 12.0 Å². The van der Waals surface area contributed by atoms with E-state index in [0.29, 0.717) is 6.42 Å².